The van der Waals surface area contributed by atoms with E-state index in [0.29, 0.717) is 24.5 Å². The van der Waals surface area contributed by atoms with E-state index in [-0.39, 0.29) is 23.7 Å². The minimum Gasteiger partial charge on any atom is -0.475 e. The van der Waals surface area contributed by atoms with Crippen molar-refractivity contribution in [1.82, 2.24) is 15.2 Å². The van der Waals surface area contributed by atoms with E-state index in [4.69, 9.17) is 4.74 Å². The van der Waals surface area contributed by atoms with Crippen molar-refractivity contribution in [2.45, 2.75) is 51.4 Å². The molecule has 0 spiro atoms. The molecule has 0 radical (unpaired) electrons. The van der Waals surface area contributed by atoms with Gasteiger partial charge >= 0.3 is 0 Å². The zero-order valence-corrected chi connectivity index (χ0v) is 20.0. The number of rotatable bonds is 9. The summed E-state index contributed by atoms with van der Waals surface area (Å²) in [7, 11) is 0. The quantitative estimate of drug-likeness (QED) is 0.586. The van der Waals surface area contributed by atoms with Gasteiger partial charge in [-0.15, -0.1) is 0 Å². The average Bonchev–Trinajstić information content (AvgIpc) is 3.51. The number of hydrogen-bond donors (Lipinski definition) is 2. The molecule has 2 aliphatic heterocycles. The summed E-state index contributed by atoms with van der Waals surface area (Å²) in [6.45, 7) is 7.72. The van der Waals surface area contributed by atoms with Crippen molar-refractivity contribution in [2.24, 2.45) is 5.92 Å². The highest BCUT2D eigenvalue weighted by Gasteiger charge is 2.33. The third kappa shape index (κ3) is 6.24. The van der Waals surface area contributed by atoms with Crippen LogP contribution in [0.3, 0.4) is 0 Å². The number of carbonyl (C=O) groups excluding carboxylic acids is 1. The topological polar surface area (TPSA) is 77.9 Å². The Bertz CT molecular complexity index is 932. The summed E-state index contributed by atoms with van der Waals surface area (Å²) in [5.74, 6) is 0.00560. The van der Waals surface area contributed by atoms with Crippen molar-refractivity contribution >= 4 is 11.6 Å². The Kier molecular flexibility index (Phi) is 8.00. The van der Waals surface area contributed by atoms with E-state index < -0.39 is 12.1 Å². The lowest BCUT2D eigenvalue weighted by molar-refractivity contribution is -0.126. The van der Waals surface area contributed by atoms with Gasteiger partial charge in [0.15, 0.2) is 0 Å². The molecule has 3 atom stereocenters. The highest BCUT2D eigenvalue weighted by molar-refractivity contribution is 5.80. The number of aliphatic hydroxyl groups is 1. The lowest BCUT2D eigenvalue weighted by Gasteiger charge is -2.29. The minimum absolute atomic E-state index is 0.0198. The van der Waals surface area contributed by atoms with Crippen molar-refractivity contribution in [3.8, 4) is 5.88 Å². The van der Waals surface area contributed by atoms with Gasteiger partial charge in [0.2, 0.25) is 11.8 Å². The number of pyridine rings is 1. The Morgan fingerprint density at radius 1 is 1.18 bits per heavy atom. The number of benzene rings is 1. The predicted molar refractivity (Wildman–Crippen MR) is 129 cm³/mol. The molecule has 184 valence electrons. The second-order valence-corrected chi connectivity index (χ2v) is 9.57. The summed E-state index contributed by atoms with van der Waals surface area (Å²) < 4.78 is 18.9. The fraction of sp³-hybridized carbons (Fsp3) is 0.538. The summed E-state index contributed by atoms with van der Waals surface area (Å²) in [6, 6.07) is 9.50. The summed E-state index contributed by atoms with van der Waals surface area (Å²) in [5, 5.41) is 14.3. The average molecular weight is 471 g/mol. The smallest absolute Gasteiger partial charge is 0.225 e. The van der Waals surface area contributed by atoms with E-state index in [9.17, 15) is 14.3 Å². The summed E-state index contributed by atoms with van der Waals surface area (Å²) >= 11 is 0. The highest BCUT2D eigenvalue weighted by atomic mass is 19.1. The van der Waals surface area contributed by atoms with Crippen LogP contribution < -0.4 is 15.0 Å². The molecule has 0 saturated carbocycles. The Labute approximate surface area is 200 Å². The molecule has 4 rings (SSSR count). The molecule has 0 aliphatic carbocycles. The number of aliphatic hydroxyl groups excluding tert-OH is 1. The van der Waals surface area contributed by atoms with E-state index in [0.717, 1.165) is 44.6 Å². The number of hydrogen-bond acceptors (Lipinski definition) is 6. The third-order valence-corrected chi connectivity index (χ3v) is 6.57. The molecule has 1 aromatic heterocycles. The highest BCUT2D eigenvalue weighted by Crippen LogP contribution is 2.26. The van der Waals surface area contributed by atoms with Gasteiger partial charge in [-0.05, 0) is 76.5 Å². The fourth-order valence-corrected chi connectivity index (χ4v) is 4.74. The van der Waals surface area contributed by atoms with Crippen LogP contribution >= 0.6 is 0 Å². The van der Waals surface area contributed by atoms with E-state index >= 15 is 0 Å². The molecule has 2 unspecified atom stereocenters. The number of aromatic nitrogens is 1. The fourth-order valence-electron chi connectivity index (χ4n) is 4.74. The number of anilines is 1. The summed E-state index contributed by atoms with van der Waals surface area (Å²) in [5.41, 5.74) is 1.57. The van der Waals surface area contributed by atoms with Crippen LogP contribution in [0, 0.1) is 11.7 Å². The molecule has 7 nitrogen and oxygen atoms in total. The van der Waals surface area contributed by atoms with Crippen LogP contribution in [0.15, 0.2) is 42.6 Å². The molecular formula is C26H35FN4O3. The zero-order valence-electron chi connectivity index (χ0n) is 20.0. The molecular weight excluding hydrogens is 435 g/mol. The Hall–Kier alpha value is -2.71. The standard InChI is InChI=1S/C26H35FN4O3/c1-18(2)34-24-10-5-19(15-28-24)25(32)23(17-30-12-3-4-13-30)29-26(33)20-11-14-31(16-20)22-8-6-21(27)7-9-22/h5-10,15,18,20,23,25,32H,3-4,11-14,16-17H2,1-2H3,(H,29,33)/t20-,23?,25?/m1/s1. The number of amides is 1. The summed E-state index contributed by atoms with van der Waals surface area (Å²) in [6.07, 6.45) is 3.76. The predicted octanol–water partition coefficient (Wildman–Crippen LogP) is 3.15. The Balaban J connectivity index is 1.42. The maximum Gasteiger partial charge on any atom is 0.225 e. The monoisotopic (exact) mass is 470 g/mol. The largest absolute Gasteiger partial charge is 0.475 e. The molecule has 2 aromatic rings. The normalized spacial score (nSPS) is 20.5. The molecule has 34 heavy (non-hydrogen) atoms. The van der Waals surface area contributed by atoms with Crippen molar-refractivity contribution < 1.29 is 19.0 Å². The Morgan fingerprint density at radius 2 is 1.91 bits per heavy atom. The third-order valence-electron chi connectivity index (χ3n) is 6.57. The molecule has 2 aliphatic rings. The van der Waals surface area contributed by atoms with E-state index in [1.54, 1.807) is 24.4 Å². The molecule has 0 bridgehead atoms. The van der Waals surface area contributed by atoms with Crippen molar-refractivity contribution in [2.75, 3.05) is 37.6 Å². The van der Waals surface area contributed by atoms with Gasteiger partial charge < -0.3 is 25.0 Å². The van der Waals surface area contributed by atoms with Crippen molar-refractivity contribution in [3.63, 3.8) is 0 Å². The Morgan fingerprint density at radius 3 is 2.56 bits per heavy atom. The maximum atomic E-state index is 13.3. The van der Waals surface area contributed by atoms with Crippen LogP contribution in [-0.2, 0) is 4.79 Å². The van der Waals surface area contributed by atoms with E-state index in [1.807, 2.05) is 19.9 Å². The van der Waals surface area contributed by atoms with Gasteiger partial charge in [0.05, 0.1) is 18.1 Å². The van der Waals surface area contributed by atoms with Crippen LogP contribution in [0.25, 0.3) is 0 Å². The van der Waals surface area contributed by atoms with Gasteiger partial charge in [0.1, 0.15) is 11.9 Å². The maximum absolute atomic E-state index is 13.3. The van der Waals surface area contributed by atoms with E-state index in [2.05, 4.69) is 20.1 Å². The second kappa shape index (κ2) is 11.1. The van der Waals surface area contributed by atoms with Crippen LogP contribution in [0.5, 0.6) is 5.88 Å². The first-order valence-electron chi connectivity index (χ1n) is 12.2. The van der Waals surface area contributed by atoms with Crippen molar-refractivity contribution in [3.05, 3.63) is 54.0 Å². The van der Waals surface area contributed by atoms with Gasteiger partial charge in [-0.3, -0.25) is 4.79 Å². The van der Waals surface area contributed by atoms with Gasteiger partial charge in [-0.2, -0.15) is 0 Å². The molecule has 2 saturated heterocycles. The van der Waals surface area contributed by atoms with Gasteiger partial charge in [0.25, 0.3) is 0 Å². The van der Waals surface area contributed by atoms with Gasteiger partial charge in [-0.1, -0.05) is 0 Å². The van der Waals surface area contributed by atoms with Crippen molar-refractivity contribution in [1.29, 1.82) is 0 Å². The number of nitrogens with zero attached hydrogens (tertiary/aromatic N) is 3. The lowest BCUT2D eigenvalue weighted by Crippen LogP contribution is -2.48. The number of carbonyl (C=O) groups is 1. The second-order valence-electron chi connectivity index (χ2n) is 9.57. The minimum atomic E-state index is -0.875. The van der Waals surface area contributed by atoms with Crippen LogP contribution in [0.2, 0.25) is 0 Å². The first-order valence-corrected chi connectivity index (χ1v) is 12.2. The lowest BCUT2D eigenvalue weighted by atomic mass is 10.0. The number of ether oxygens (including phenoxy) is 1. The molecule has 3 heterocycles. The number of halogens is 1. The summed E-state index contributed by atoms with van der Waals surface area (Å²) in [4.78, 5) is 21.9. The van der Waals surface area contributed by atoms with Crippen LogP contribution in [0.4, 0.5) is 10.1 Å². The number of nitrogens with one attached hydrogen (secondary N) is 1. The van der Waals surface area contributed by atoms with Gasteiger partial charge in [0, 0.05) is 43.1 Å². The first-order chi connectivity index (χ1) is 16.4. The molecule has 8 heteroatoms. The SMILES string of the molecule is CC(C)Oc1ccc(C(O)C(CN2CCCC2)NC(=O)[C@@H]2CCN(c3ccc(F)cc3)C2)cn1. The van der Waals surface area contributed by atoms with Crippen LogP contribution in [0.1, 0.15) is 44.8 Å². The molecule has 2 N–H and O–H groups in total. The van der Waals surface area contributed by atoms with Crippen LogP contribution in [-0.4, -0.2) is 65.8 Å². The first kappa shape index (κ1) is 24.4. The van der Waals surface area contributed by atoms with E-state index in [1.165, 1.54) is 12.1 Å². The molecule has 2 fully saturated rings. The number of likely N-dealkylation sites (tertiary alicyclic amines) is 1. The molecule has 1 amide bonds. The van der Waals surface area contributed by atoms with Gasteiger partial charge in [-0.25, -0.2) is 9.37 Å². The zero-order chi connectivity index (χ0) is 24.1. The molecule has 1 aromatic carbocycles.